The first kappa shape index (κ1) is 26.0. The molecule has 0 bridgehead atoms. The van der Waals surface area contributed by atoms with E-state index in [1.165, 1.54) is 12.1 Å². The van der Waals surface area contributed by atoms with Gasteiger partial charge in [0.1, 0.15) is 17.1 Å². The summed E-state index contributed by atoms with van der Waals surface area (Å²) in [6.45, 7) is 2.21. The molecule has 0 aliphatic heterocycles. The van der Waals surface area contributed by atoms with Crippen molar-refractivity contribution in [1.29, 1.82) is 0 Å². The number of alkyl halides is 3. The van der Waals surface area contributed by atoms with Gasteiger partial charge in [-0.15, -0.1) is 13.2 Å². The fourth-order valence-corrected chi connectivity index (χ4v) is 4.19. The highest BCUT2D eigenvalue weighted by Crippen LogP contribution is 2.25. The predicted molar refractivity (Wildman–Crippen MR) is 134 cm³/mol. The van der Waals surface area contributed by atoms with Crippen molar-refractivity contribution in [2.75, 3.05) is 0 Å². The van der Waals surface area contributed by atoms with Gasteiger partial charge in [-0.2, -0.15) is 0 Å². The van der Waals surface area contributed by atoms with Crippen molar-refractivity contribution < 1.29 is 22.7 Å². The molecule has 0 fully saturated rings. The van der Waals surface area contributed by atoms with Crippen LogP contribution < -0.4 is 10.1 Å². The predicted octanol–water partition coefficient (Wildman–Crippen LogP) is 6.60. The number of nitrogens with zero attached hydrogens (tertiary/aromatic N) is 3. The minimum atomic E-state index is -4.75. The average molecular weight is 582 g/mol. The molecule has 0 saturated heterocycles. The Kier molecular flexibility index (Phi) is 7.85. The molecule has 36 heavy (non-hydrogen) atoms. The number of hydrogen-bond donors (Lipinski definition) is 1. The van der Waals surface area contributed by atoms with E-state index in [-0.39, 0.29) is 24.1 Å². The first-order valence-corrected chi connectivity index (χ1v) is 12.1. The van der Waals surface area contributed by atoms with Gasteiger partial charge in [-0.3, -0.25) is 4.79 Å². The van der Waals surface area contributed by atoms with Crippen LogP contribution in [-0.4, -0.2) is 26.8 Å². The van der Waals surface area contributed by atoms with Gasteiger partial charge in [0.25, 0.3) is 0 Å². The second-order valence-electron chi connectivity index (χ2n) is 8.14. The maximum absolute atomic E-state index is 12.7. The number of hydrogen-bond acceptors (Lipinski definition) is 4. The lowest BCUT2D eigenvalue weighted by atomic mass is 10.1. The van der Waals surface area contributed by atoms with Crippen molar-refractivity contribution in [3.63, 3.8) is 0 Å². The highest BCUT2D eigenvalue weighted by atomic mass is 79.9. The Morgan fingerprint density at radius 1 is 1.17 bits per heavy atom. The molecule has 0 aliphatic carbocycles. The Morgan fingerprint density at radius 3 is 2.53 bits per heavy atom. The third kappa shape index (κ3) is 6.76. The minimum Gasteiger partial charge on any atom is -0.406 e. The number of imidazole rings is 1. The lowest BCUT2D eigenvalue weighted by molar-refractivity contribution is -0.274. The molecule has 0 saturated carbocycles. The molecular weight excluding hydrogens is 561 g/mol. The molecule has 2 aromatic heterocycles. The lowest BCUT2D eigenvalue weighted by Gasteiger charge is -2.15. The standard InChI is InChI=1S/C25H21BrClF3N4O2/c1-15(17-4-6-19(27)7-5-17)32-23(35)11-10-22-33-21-12-18(26)13-31-24(21)34(22)14-16-2-8-20(9-3-16)36-25(28,29)30/h2-9,12-13,15H,10-11,14H2,1H3,(H,32,35)/t15-/m0/s1. The van der Waals surface area contributed by atoms with Crippen molar-refractivity contribution in [2.45, 2.75) is 38.7 Å². The van der Waals surface area contributed by atoms with Gasteiger partial charge >= 0.3 is 6.36 Å². The van der Waals surface area contributed by atoms with Crippen LogP contribution in [0, 0.1) is 0 Å². The first-order valence-electron chi connectivity index (χ1n) is 11.0. The normalized spacial score (nSPS) is 12.5. The highest BCUT2D eigenvalue weighted by molar-refractivity contribution is 9.10. The summed E-state index contributed by atoms with van der Waals surface area (Å²) < 4.78 is 44.0. The highest BCUT2D eigenvalue weighted by Gasteiger charge is 2.31. The summed E-state index contributed by atoms with van der Waals surface area (Å²) in [6, 6.07) is 14.5. The molecule has 6 nitrogen and oxygen atoms in total. The molecule has 1 amide bonds. The number of fused-ring (bicyclic) bond motifs is 1. The lowest BCUT2D eigenvalue weighted by Crippen LogP contribution is -2.27. The van der Waals surface area contributed by atoms with Gasteiger partial charge in [0.15, 0.2) is 5.65 Å². The van der Waals surface area contributed by atoms with Crippen LogP contribution in [0.4, 0.5) is 13.2 Å². The number of rotatable bonds is 8. The number of pyridine rings is 1. The SMILES string of the molecule is C[C@H](NC(=O)CCc1nc2cc(Br)cnc2n1Cc1ccc(OC(F)(F)F)cc1)c1ccc(Cl)cc1. The molecule has 188 valence electrons. The first-order chi connectivity index (χ1) is 17.1. The summed E-state index contributed by atoms with van der Waals surface area (Å²) in [7, 11) is 0. The third-order valence-electron chi connectivity index (χ3n) is 5.45. The van der Waals surface area contributed by atoms with Crippen molar-refractivity contribution in [2.24, 2.45) is 0 Å². The summed E-state index contributed by atoms with van der Waals surface area (Å²) >= 11 is 9.32. The van der Waals surface area contributed by atoms with Crippen LogP contribution in [0.2, 0.25) is 5.02 Å². The number of amides is 1. The fourth-order valence-electron chi connectivity index (χ4n) is 3.74. The molecule has 0 spiro atoms. The second-order valence-corrected chi connectivity index (χ2v) is 9.50. The number of ether oxygens (including phenoxy) is 1. The van der Waals surface area contributed by atoms with Crippen molar-refractivity contribution >= 4 is 44.6 Å². The van der Waals surface area contributed by atoms with E-state index in [9.17, 15) is 18.0 Å². The van der Waals surface area contributed by atoms with Gasteiger partial charge in [-0.05, 0) is 64.3 Å². The van der Waals surface area contributed by atoms with Crippen molar-refractivity contribution in [3.8, 4) is 5.75 Å². The molecule has 4 aromatic rings. The molecule has 4 rings (SSSR count). The molecule has 2 heterocycles. The zero-order valence-electron chi connectivity index (χ0n) is 19.0. The Labute approximate surface area is 218 Å². The Bertz CT molecular complexity index is 1360. The number of aryl methyl sites for hydroxylation is 1. The second kappa shape index (κ2) is 10.9. The summed E-state index contributed by atoms with van der Waals surface area (Å²) in [5.41, 5.74) is 2.92. The van der Waals surface area contributed by atoms with E-state index >= 15 is 0 Å². The summed E-state index contributed by atoms with van der Waals surface area (Å²) in [5, 5.41) is 3.60. The average Bonchev–Trinajstić information content (AvgIpc) is 3.14. The zero-order valence-corrected chi connectivity index (χ0v) is 21.4. The van der Waals surface area contributed by atoms with Crippen LogP contribution >= 0.6 is 27.5 Å². The van der Waals surface area contributed by atoms with E-state index in [4.69, 9.17) is 11.6 Å². The minimum absolute atomic E-state index is 0.140. The zero-order chi connectivity index (χ0) is 25.9. The van der Waals surface area contributed by atoms with Gasteiger partial charge in [0.2, 0.25) is 5.91 Å². The smallest absolute Gasteiger partial charge is 0.406 e. The van der Waals surface area contributed by atoms with E-state index in [0.717, 1.165) is 15.6 Å². The van der Waals surface area contributed by atoms with E-state index in [0.29, 0.717) is 35.0 Å². The van der Waals surface area contributed by atoms with Gasteiger partial charge < -0.3 is 14.6 Å². The van der Waals surface area contributed by atoms with E-state index in [1.54, 1.807) is 30.5 Å². The third-order valence-corrected chi connectivity index (χ3v) is 6.14. The molecule has 1 N–H and O–H groups in total. The fraction of sp³-hybridized carbons (Fsp3) is 0.240. The molecule has 1 atom stereocenters. The topological polar surface area (TPSA) is 69.0 Å². The maximum atomic E-state index is 12.7. The number of halogens is 5. The van der Waals surface area contributed by atoms with Crippen LogP contribution in [0.3, 0.4) is 0 Å². The quantitative estimate of drug-likeness (QED) is 0.254. The molecule has 2 aromatic carbocycles. The molecule has 11 heteroatoms. The van der Waals surface area contributed by atoms with Gasteiger partial charge in [-0.25, -0.2) is 9.97 Å². The monoisotopic (exact) mass is 580 g/mol. The largest absolute Gasteiger partial charge is 0.573 e. The van der Waals surface area contributed by atoms with E-state index < -0.39 is 6.36 Å². The van der Waals surface area contributed by atoms with Crippen LogP contribution in [0.5, 0.6) is 5.75 Å². The molecule has 0 unspecified atom stereocenters. The molecule has 0 aliphatic rings. The number of carbonyl (C=O) groups is 1. The Hall–Kier alpha value is -3.11. The van der Waals surface area contributed by atoms with Crippen LogP contribution in [-0.2, 0) is 17.8 Å². The van der Waals surface area contributed by atoms with Crippen molar-refractivity contribution in [1.82, 2.24) is 19.9 Å². The molecular formula is C25H21BrClF3N4O2. The van der Waals surface area contributed by atoms with E-state index in [2.05, 4.69) is 36.0 Å². The maximum Gasteiger partial charge on any atom is 0.573 e. The van der Waals surface area contributed by atoms with Gasteiger partial charge in [0, 0.05) is 28.5 Å². The van der Waals surface area contributed by atoms with Crippen LogP contribution in [0.15, 0.2) is 65.3 Å². The van der Waals surface area contributed by atoms with E-state index in [1.807, 2.05) is 29.7 Å². The van der Waals surface area contributed by atoms with Crippen LogP contribution in [0.25, 0.3) is 11.2 Å². The Balaban J connectivity index is 1.49. The Morgan fingerprint density at radius 2 is 1.86 bits per heavy atom. The number of nitrogens with one attached hydrogen (secondary N) is 1. The summed E-state index contributed by atoms with van der Waals surface area (Å²) in [5.74, 6) is 0.204. The molecule has 0 radical (unpaired) electrons. The van der Waals surface area contributed by atoms with Gasteiger partial charge in [-0.1, -0.05) is 35.9 Å². The summed E-state index contributed by atoms with van der Waals surface area (Å²) in [4.78, 5) is 21.8. The van der Waals surface area contributed by atoms with Crippen LogP contribution in [0.1, 0.15) is 36.3 Å². The van der Waals surface area contributed by atoms with Gasteiger partial charge in [0.05, 0.1) is 12.6 Å². The summed E-state index contributed by atoms with van der Waals surface area (Å²) in [6.07, 6.45) is -2.56. The van der Waals surface area contributed by atoms with Crippen molar-refractivity contribution in [3.05, 3.63) is 87.2 Å². The number of carbonyl (C=O) groups excluding carboxylic acids is 1. The number of aromatic nitrogens is 3. The number of benzene rings is 2.